The second-order valence-electron chi connectivity index (χ2n) is 8.67. The number of esters is 1. The van der Waals surface area contributed by atoms with Crippen LogP contribution in [0.5, 0.6) is 0 Å². The molecule has 2 aromatic carbocycles. The van der Waals surface area contributed by atoms with Gasteiger partial charge in [0.05, 0.1) is 41.0 Å². The van der Waals surface area contributed by atoms with Gasteiger partial charge in [-0.3, -0.25) is 0 Å². The van der Waals surface area contributed by atoms with E-state index >= 15 is 0 Å². The van der Waals surface area contributed by atoms with Gasteiger partial charge < -0.3 is 14.0 Å². The standard InChI is InChI=1S/C27H27N3O3/c1-5-32-26(31)24-18-30(17-23(24)13-19-9-11-20(15-28)12-10-19)25(33-27(2,3)4)22-8-6-7-21(14-22)16-29/h6-12,14,17-18,25H,5,13H2,1-4H3. The van der Waals surface area contributed by atoms with E-state index in [9.17, 15) is 10.1 Å². The summed E-state index contributed by atoms with van der Waals surface area (Å²) < 4.78 is 13.5. The summed E-state index contributed by atoms with van der Waals surface area (Å²) in [7, 11) is 0. The fraction of sp³-hybridized carbons (Fsp3) is 0.296. The fourth-order valence-electron chi connectivity index (χ4n) is 3.50. The Labute approximate surface area is 194 Å². The molecule has 1 atom stereocenters. The third-order valence-electron chi connectivity index (χ3n) is 4.94. The van der Waals surface area contributed by atoms with Crippen LogP contribution < -0.4 is 0 Å². The van der Waals surface area contributed by atoms with Crippen molar-refractivity contribution < 1.29 is 14.3 Å². The van der Waals surface area contributed by atoms with Crippen molar-refractivity contribution in [3.05, 3.63) is 94.3 Å². The van der Waals surface area contributed by atoms with Gasteiger partial charge in [-0.05, 0) is 69.5 Å². The number of carbonyl (C=O) groups excluding carboxylic acids is 1. The highest BCUT2D eigenvalue weighted by Gasteiger charge is 2.25. The average molecular weight is 442 g/mol. The van der Waals surface area contributed by atoms with Crippen molar-refractivity contribution in [1.82, 2.24) is 4.57 Å². The fourth-order valence-corrected chi connectivity index (χ4v) is 3.50. The van der Waals surface area contributed by atoms with Crippen LogP contribution >= 0.6 is 0 Å². The molecule has 0 fully saturated rings. The molecule has 1 aromatic heterocycles. The molecule has 0 bridgehead atoms. The molecule has 0 saturated heterocycles. The van der Waals surface area contributed by atoms with Crippen LogP contribution in [-0.4, -0.2) is 22.7 Å². The monoisotopic (exact) mass is 441 g/mol. The first kappa shape index (κ1) is 23.8. The molecular weight excluding hydrogens is 414 g/mol. The second kappa shape index (κ2) is 10.2. The summed E-state index contributed by atoms with van der Waals surface area (Å²) in [4.78, 5) is 12.8. The van der Waals surface area contributed by atoms with Crippen LogP contribution in [-0.2, 0) is 15.9 Å². The maximum atomic E-state index is 12.8. The van der Waals surface area contributed by atoms with Gasteiger partial charge in [0.1, 0.15) is 0 Å². The van der Waals surface area contributed by atoms with Crippen LogP contribution in [0.3, 0.4) is 0 Å². The predicted octanol–water partition coefficient (Wildman–Crippen LogP) is 5.36. The topological polar surface area (TPSA) is 88.0 Å². The van der Waals surface area contributed by atoms with E-state index in [1.807, 2.05) is 55.8 Å². The summed E-state index contributed by atoms with van der Waals surface area (Å²) >= 11 is 0. The molecule has 0 saturated carbocycles. The van der Waals surface area contributed by atoms with E-state index in [2.05, 4.69) is 12.1 Å². The zero-order valence-corrected chi connectivity index (χ0v) is 19.3. The van der Waals surface area contributed by atoms with Crippen LogP contribution in [0, 0.1) is 22.7 Å². The van der Waals surface area contributed by atoms with Gasteiger partial charge in [-0.25, -0.2) is 4.79 Å². The van der Waals surface area contributed by atoms with Gasteiger partial charge in [-0.15, -0.1) is 0 Å². The minimum absolute atomic E-state index is 0.270. The molecule has 33 heavy (non-hydrogen) atoms. The molecular formula is C27H27N3O3. The summed E-state index contributed by atoms with van der Waals surface area (Å²) in [6, 6.07) is 18.8. The molecule has 0 aliphatic rings. The third kappa shape index (κ3) is 6.10. The number of hydrogen-bond acceptors (Lipinski definition) is 5. The molecule has 6 heteroatoms. The Morgan fingerprint density at radius 3 is 2.33 bits per heavy atom. The molecule has 3 rings (SSSR count). The van der Waals surface area contributed by atoms with Gasteiger partial charge in [0.2, 0.25) is 0 Å². The molecule has 168 valence electrons. The number of nitriles is 2. The van der Waals surface area contributed by atoms with Gasteiger partial charge in [-0.1, -0.05) is 24.3 Å². The summed E-state index contributed by atoms with van der Waals surface area (Å²) in [5, 5.41) is 18.4. The average Bonchev–Trinajstić information content (AvgIpc) is 3.21. The molecule has 0 aliphatic heterocycles. The Bertz CT molecular complexity index is 1210. The lowest BCUT2D eigenvalue weighted by molar-refractivity contribution is -0.0751. The highest BCUT2D eigenvalue weighted by molar-refractivity contribution is 5.91. The molecule has 0 aliphatic carbocycles. The largest absolute Gasteiger partial charge is 0.462 e. The number of nitrogens with zero attached hydrogens (tertiary/aromatic N) is 3. The number of rotatable bonds is 7. The van der Waals surface area contributed by atoms with E-state index in [1.165, 1.54) is 0 Å². The molecule has 0 amide bonds. The maximum Gasteiger partial charge on any atom is 0.339 e. The lowest BCUT2D eigenvalue weighted by atomic mass is 10.0. The number of hydrogen-bond donors (Lipinski definition) is 0. The molecule has 6 nitrogen and oxygen atoms in total. The van der Waals surface area contributed by atoms with Crippen molar-refractivity contribution in [2.75, 3.05) is 6.61 Å². The van der Waals surface area contributed by atoms with Crippen LogP contribution in [0.25, 0.3) is 0 Å². The van der Waals surface area contributed by atoms with Crippen LogP contribution in [0.4, 0.5) is 0 Å². The number of ether oxygens (including phenoxy) is 2. The zero-order chi connectivity index (χ0) is 24.0. The van der Waals surface area contributed by atoms with E-state index < -0.39 is 17.8 Å². The SMILES string of the molecule is CCOC(=O)c1cn(C(OC(C)(C)C)c2cccc(C#N)c2)cc1Cc1ccc(C#N)cc1. The van der Waals surface area contributed by atoms with Crippen molar-refractivity contribution in [1.29, 1.82) is 10.5 Å². The van der Waals surface area contributed by atoms with E-state index in [-0.39, 0.29) is 6.61 Å². The zero-order valence-electron chi connectivity index (χ0n) is 19.3. The minimum atomic E-state index is -0.541. The predicted molar refractivity (Wildman–Crippen MR) is 124 cm³/mol. The normalized spacial score (nSPS) is 11.9. The van der Waals surface area contributed by atoms with E-state index in [0.717, 1.165) is 16.7 Å². The van der Waals surface area contributed by atoms with Crippen molar-refractivity contribution >= 4 is 5.97 Å². The van der Waals surface area contributed by atoms with Crippen molar-refractivity contribution in [2.24, 2.45) is 0 Å². The highest BCUT2D eigenvalue weighted by atomic mass is 16.5. The maximum absolute atomic E-state index is 12.8. The number of aromatic nitrogens is 1. The lowest BCUT2D eigenvalue weighted by Gasteiger charge is -2.29. The van der Waals surface area contributed by atoms with Gasteiger partial charge in [0.25, 0.3) is 0 Å². The van der Waals surface area contributed by atoms with Crippen molar-refractivity contribution in [3.8, 4) is 12.1 Å². The van der Waals surface area contributed by atoms with Crippen molar-refractivity contribution in [3.63, 3.8) is 0 Å². The second-order valence-corrected chi connectivity index (χ2v) is 8.67. The summed E-state index contributed by atoms with van der Waals surface area (Å²) in [5.41, 5.74) is 3.66. The molecule has 0 radical (unpaired) electrons. The van der Waals surface area contributed by atoms with Crippen molar-refractivity contribution in [2.45, 2.75) is 45.9 Å². The summed E-state index contributed by atoms with van der Waals surface area (Å²) in [6.45, 7) is 7.92. The van der Waals surface area contributed by atoms with Crippen LogP contribution in [0.1, 0.15) is 72.1 Å². The van der Waals surface area contributed by atoms with E-state index in [1.54, 1.807) is 37.4 Å². The Kier molecular flexibility index (Phi) is 7.33. The molecule has 1 unspecified atom stereocenters. The first-order chi connectivity index (χ1) is 15.7. The smallest absolute Gasteiger partial charge is 0.339 e. The van der Waals surface area contributed by atoms with Gasteiger partial charge in [0.15, 0.2) is 6.23 Å². The number of carbonyl (C=O) groups is 1. The minimum Gasteiger partial charge on any atom is -0.462 e. The summed E-state index contributed by atoms with van der Waals surface area (Å²) in [6.07, 6.45) is 3.58. The Hall–Kier alpha value is -3.87. The molecule has 1 heterocycles. The first-order valence-electron chi connectivity index (χ1n) is 10.8. The third-order valence-corrected chi connectivity index (χ3v) is 4.94. The van der Waals surface area contributed by atoms with Gasteiger partial charge in [-0.2, -0.15) is 10.5 Å². The Morgan fingerprint density at radius 2 is 1.73 bits per heavy atom. The molecule has 3 aromatic rings. The Morgan fingerprint density at radius 1 is 1.03 bits per heavy atom. The molecule has 0 N–H and O–H groups in total. The van der Waals surface area contributed by atoms with Gasteiger partial charge in [0, 0.05) is 18.0 Å². The lowest BCUT2D eigenvalue weighted by Crippen LogP contribution is -2.26. The number of benzene rings is 2. The van der Waals surface area contributed by atoms with Crippen LogP contribution in [0.2, 0.25) is 0 Å². The Balaban J connectivity index is 2.07. The molecule has 0 spiro atoms. The first-order valence-corrected chi connectivity index (χ1v) is 10.8. The quantitative estimate of drug-likeness (QED) is 0.461. The van der Waals surface area contributed by atoms with Gasteiger partial charge >= 0.3 is 5.97 Å². The van der Waals surface area contributed by atoms with E-state index in [4.69, 9.17) is 14.7 Å². The summed E-state index contributed by atoms with van der Waals surface area (Å²) in [5.74, 6) is -0.403. The highest BCUT2D eigenvalue weighted by Crippen LogP contribution is 2.29. The van der Waals surface area contributed by atoms with E-state index in [0.29, 0.717) is 23.1 Å². The van der Waals surface area contributed by atoms with Crippen LogP contribution in [0.15, 0.2) is 60.9 Å².